The number of alkyl halides is 1. The van der Waals surface area contributed by atoms with Gasteiger partial charge in [0, 0.05) is 23.6 Å². The van der Waals surface area contributed by atoms with E-state index in [-0.39, 0.29) is 5.38 Å². The summed E-state index contributed by atoms with van der Waals surface area (Å²) >= 11 is 6.18. The molecule has 1 unspecified atom stereocenters. The third-order valence-corrected chi connectivity index (χ3v) is 3.10. The molecule has 0 aromatic carbocycles. The molecule has 0 spiro atoms. The van der Waals surface area contributed by atoms with Crippen LogP contribution in [0.15, 0.2) is 24.5 Å². The van der Waals surface area contributed by atoms with Gasteiger partial charge in [-0.2, -0.15) is 0 Å². The number of nitrogens with two attached hydrogens (primary N) is 1. The number of anilines is 1. The summed E-state index contributed by atoms with van der Waals surface area (Å²) in [6.07, 6.45) is 10.2. The van der Waals surface area contributed by atoms with Crippen LogP contribution < -0.4 is 5.73 Å². The lowest BCUT2D eigenvalue weighted by molar-refractivity contribution is 0.724. The standard InChI is InChI=1S/C12H15ClN2/c13-10-4-2-1-3-9(7-10)11-8-15-6-5-12(11)14/h5-8,10H,1-4H2,(H2,14,15). The molecular weight excluding hydrogens is 208 g/mol. The fourth-order valence-corrected chi connectivity index (χ4v) is 2.24. The van der Waals surface area contributed by atoms with Crippen LogP contribution >= 0.6 is 11.6 Å². The topological polar surface area (TPSA) is 38.9 Å². The van der Waals surface area contributed by atoms with Crippen molar-refractivity contribution < 1.29 is 0 Å². The van der Waals surface area contributed by atoms with E-state index >= 15 is 0 Å². The fraction of sp³-hybridized carbons (Fsp3) is 0.417. The molecule has 0 bridgehead atoms. The minimum atomic E-state index is 0.141. The number of nitrogens with zero attached hydrogens (tertiary/aromatic N) is 1. The lowest BCUT2D eigenvalue weighted by atomic mass is 10.0. The van der Waals surface area contributed by atoms with Crippen molar-refractivity contribution >= 4 is 22.9 Å². The van der Waals surface area contributed by atoms with E-state index in [9.17, 15) is 0 Å². The quantitative estimate of drug-likeness (QED) is 0.741. The predicted octanol–water partition coefficient (Wildman–Crippen LogP) is 3.23. The summed E-state index contributed by atoms with van der Waals surface area (Å²) in [5.41, 5.74) is 9.01. The highest BCUT2D eigenvalue weighted by Gasteiger charge is 2.12. The Labute approximate surface area is 95.2 Å². The number of halogens is 1. The van der Waals surface area contributed by atoms with Crippen LogP contribution in [-0.4, -0.2) is 10.4 Å². The first-order chi connectivity index (χ1) is 7.27. The molecule has 1 heterocycles. The number of hydrogen-bond donors (Lipinski definition) is 1. The largest absolute Gasteiger partial charge is 0.398 e. The zero-order chi connectivity index (χ0) is 10.7. The summed E-state index contributed by atoms with van der Waals surface area (Å²) in [7, 11) is 0. The van der Waals surface area contributed by atoms with Gasteiger partial charge in [-0.05, 0) is 30.9 Å². The highest BCUT2D eigenvalue weighted by atomic mass is 35.5. The molecule has 1 aliphatic carbocycles. The molecule has 80 valence electrons. The van der Waals surface area contributed by atoms with E-state index < -0.39 is 0 Å². The summed E-state index contributed by atoms with van der Waals surface area (Å²) in [6, 6.07) is 1.84. The van der Waals surface area contributed by atoms with E-state index in [4.69, 9.17) is 17.3 Å². The van der Waals surface area contributed by atoms with Crippen LogP contribution in [0.3, 0.4) is 0 Å². The van der Waals surface area contributed by atoms with Crippen LogP contribution in [0.25, 0.3) is 5.57 Å². The Bertz CT molecular complexity index is 374. The van der Waals surface area contributed by atoms with Crippen molar-refractivity contribution in [2.45, 2.75) is 31.1 Å². The Hall–Kier alpha value is -1.02. The zero-order valence-corrected chi connectivity index (χ0v) is 9.37. The van der Waals surface area contributed by atoms with Crippen molar-refractivity contribution in [2.24, 2.45) is 0 Å². The first-order valence-corrected chi connectivity index (χ1v) is 5.75. The molecule has 2 nitrogen and oxygen atoms in total. The molecule has 1 aliphatic rings. The molecule has 0 amide bonds. The predicted molar refractivity (Wildman–Crippen MR) is 64.7 cm³/mol. The third kappa shape index (κ3) is 2.51. The first-order valence-electron chi connectivity index (χ1n) is 5.32. The van der Waals surface area contributed by atoms with Crippen molar-refractivity contribution in [3.05, 3.63) is 30.1 Å². The number of aromatic nitrogens is 1. The van der Waals surface area contributed by atoms with Gasteiger partial charge in [0.05, 0.1) is 5.38 Å². The summed E-state index contributed by atoms with van der Waals surface area (Å²) in [6.45, 7) is 0. The van der Waals surface area contributed by atoms with E-state index in [1.807, 2.05) is 12.3 Å². The van der Waals surface area contributed by atoms with Gasteiger partial charge >= 0.3 is 0 Å². The van der Waals surface area contributed by atoms with E-state index in [0.717, 1.165) is 24.1 Å². The van der Waals surface area contributed by atoms with Crippen molar-refractivity contribution in [1.29, 1.82) is 0 Å². The molecule has 1 aromatic rings. The Morgan fingerprint density at radius 2 is 2.27 bits per heavy atom. The zero-order valence-electron chi connectivity index (χ0n) is 8.62. The number of pyridine rings is 1. The molecule has 0 saturated carbocycles. The molecule has 1 aromatic heterocycles. The molecule has 1 atom stereocenters. The van der Waals surface area contributed by atoms with Gasteiger partial charge in [-0.3, -0.25) is 4.98 Å². The maximum Gasteiger partial charge on any atom is 0.0521 e. The van der Waals surface area contributed by atoms with Crippen LogP contribution in [-0.2, 0) is 0 Å². The van der Waals surface area contributed by atoms with Crippen LogP contribution in [0, 0.1) is 0 Å². The minimum Gasteiger partial charge on any atom is -0.398 e. The third-order valence-electron chi connectivity index (χ3n) is 2.76. The Kier molecular flexibility index (Phi) is 3.27. The fourth-order valence-electron chi connectivity index (χ4n) is 1.94. The van der Waals surface area contributed by atoms with Gasteiger partial charge in [-0.15, -0.1) is 11.6 Å². The SMILES string of the molecule is Nc1ccncc1C1=CC(Cl)CCCC1. The first kappa shape index (κ1) is 10.5. The van der Waals surface area contributed by atoms with E-state index in [1.165, 1.54) is 18.4 Å². The molecular formula is C12H15ClN2. The van der Waals surface area contributed by atoms with E-state index in [0.29, 0.717) is 0 Å². The van der Waals surface area contributed by atoms with Crippen molar-refractivity contribution in [3.63, 3.8) is 0 Å². The highest BCUT2D eigenvalue weighted by Crippen LogP contribution is 2.30. The number of rotatable bonds is 1. The highest BCUT2D eigenvalue weighted by molar-refractivity contribution is 6.22. The Morgan fingerprint density at radius 3 is 3.07 bits per heavy atom. The second-order valence-electron chi connectivity index (χ2n) is 3.92. The van der Waals surface area contributed by atoms with Gasteiger partial charge in [0.15, 0.2) is 0 Å². The van der Waals surface area contributed by atoms with Gasteiger partial charge in [-0.1, -0.05) is 12.5 Å². The van der Waals surface area contributed by atoms with Crippen molar-refractivity contribution in [1.82, 2.24) is 4.98 Å². The van der Waals surface area contributed by atoms with Crippen LogP contribution in [0.4, 0.5) is 5.69 Å². The van der Waals surface area contributed by atoms with Gasteiger partial charge < -0.3 is 5.73 Å². The molecule has 0 radical (unpaired) electrons. The molecule has 2 rings (SSSR count). The number of hydrogen-bond acceptors (Lipinski definition) is 2. The minimum absolute atomic E-state index is 0.141. The lowest BCUT2D eigenvalue weighted by Crippen LogP contribution is -1.96. The molecule has 0 saturated heterocycles. The van der Waals surface area contributed by atoms with Crippen LogP contribution in [0.2, 0.25) is 0 Å². The second-order valence-corrected chi connectivity index (χ2v) is 4.48. The summed E-state index contributed by atoms with van der Waals surface area (Å²) in [4.78, 5) is 4.11. The molecule has 0 aliphatic heterocycles. The average molecular weight is 223 g/mol. The van der Waals surface area contributed by atoms with Gasteiger partial charge in [0.25, 0.3) is 0 Å². The molecule has 0 fully saturated rings. The summed E-state index contributed by atoms with van der Waals surface area (Å²) in [5.74, 6) is 0. The monoisotopic (exact) mass is 222 g/mol. The Morgan fingerprint density at radius 1 is 1.40 bits per heavy atom. The average Bonchev–Trinajstić information content (AvgIpc) is 2.43. The maximum atomic E-state index is 6.18. The Balaban J connectivity index is 2.33. The molecule has 2 N–H and O–H groups in total. The van der Waals surface area contributed by atoms with E-state index in [2.05, 4.69) is 11.1 Å². The molecule has 15 heavy (non-hydrogen) atoms. The summed E-state index contributed by atoms with van der Waals surface area (Å²) < 4.78 is 0. The van der Waals surface area contributed by atoms with Gasteiger partial charge in [0.1, 0.15) is 0 Å². The van der Waals surface area contributed by atoms with Crippen LogP contribution in [0.1, 0.15) is 31.2 Å². The number of allylic oxidation sites excluding steroid dienone is 2. The molecule has 3 heteroatoms. The van der Waals surface area contributed by atoms with Crippen molar-refractivity contribution in [3.8, 4) is 0 Å². The maximum absolute atomic E-state index is 6.18. The van der Waals surface area contributed by atoms with Gasteiger partial charge in [-0.25, -0.2) is 0 Å². The van der Waals surface area contributed by atoms with Crippen molar-refractivity contribution in [2.75, 3.05) is 5.73 Å². The van der Waals surface area contributed by atoms with Crippen LogP contribution in [0.5, 0.6) is 0 Å². The number of nitrogen functional groups attached to an aromatic ring is 1. The smallest absolute Gasteiger partial charge is 0.0521 e. The van der Waals surface area contributed by atoms with Gasteiger partial charge in [0.2, 0.25) is 0 Å². The lowest BCUT2D eigenvalue weighted by Gasteiger charge is -2.08. The summed E-state index contributed by atoms with van der Waals surface area (Å²) in [5, 5.41) is 0.141. The normalized spacial score (nSPS) is 21.9. The van der Waals surface area contributed by atoms with E-state index in [1.54, 1.807) is 6.20 Å². The second kappa shape index (κ2) is 4.67.